The van der Waals surface area contributed by atoms with Crippen LogP contribution >= 0.6 is 22.7 Å². The molecule has 2 aromatic heterocycles. The third-order valence-electron chi connectivity index (χ3n) is 7.95. The van der Waals surface area contributed by atoms with E-state index >= 15 is 0 Å². The summed E-state index contributed by atoms with van der Waals surface area (Å²) in [5.41, 5.74) is 2.73. The molecule has 0 amide bonds. The van der Waals surface area contributed by atoms with Gasteiger partial charge in [-0.05, 0) is 53.3 Å². The van der Waals surface area contributed by atoms with E-state index in [-0.39, 0.29) is 4.88 Å². The van der Waals surface area contributed by atoms with Crippen LogP contribution in [-0.2, 0) is 17.6 Å². The van der Waals surface area contributed by atoms with Gasteiger partial charge in [0.1, 0.15) is 0 Å². The first kappa shape index (κ1) is 24.9. The summed E-state index contributed by atoms with van der Waals surface area (Å²) in [6.07, 6.45) is 8.51. The molecule has 2 nitrogen and oxygen atoms in total. The van der Waals surface area contributed by atoms with Crippen molar-refractivity contribution < 1.29 is 22.8 Å². The average molecular weight is 521 g/mol. The van der Waals surface area contributed by atoms with E-state index in [9.17, 15) is 22.8 Å². The molecule has 2 heterocycles. The summed E-state index contributed by atoms with van der Waals surface area (Å²) >= 11 is 3.05. The van der Waals surface area contributed by atoms with Gasteiger partial charge >= 0.3 is 6.18 Å². The van der Waals surface area contributed by atoms with Gasteiger partial charge in [-0.2, -0.15) is 13.2 Å². The minimum absolute atomic E-state index is 0.268. The van der Waals surface area contributed by atoms with Gasteiger partial charge in [0.2, 0.25) is 5.78 Å². The summed E-state index contributed by atoms with van der Waals surface area (Å²) in [7, 11) is 0. The van der Waals surface area contributed by atoms with Crippen molar-refractivity contribution in [1.82, 2.24) is 0 Å². The standard InChI is InChI=1S/C28H31F3O2S2/c29-28(30,31)25(33)16-23(32)24-15-22-19-11-12-34-26(19)20(13-17-7-3-1-4-8-17)21(27(22)35-24)14-18-9-5-2-6-10-18/h11-12,15,17-18H,1-10,13-14,16H2. The van der Waals surface area contributed by atoms with Crippen molar-refractivity contribution >= 4 is 54.4 Å². The van der Waals surface area contributed by atoms with Crippen LogP contribution in [0.5, 0.6) is 0 Å². The van der Waals surface area contributed by atoms with Crippen molar-refractivity contribution in [3.63, 3.8) is 0 Å². The molecule has 0 spiro atoms. The first-order valence-corrected chi connectivity index (χ1v) is 14.6. The Kier molecular flexibility index (Phi) is 7.36. The van der Waals surface area contributed by atoms with Crippen LogP contribution < -0.4 is 0 Å². The van der Waals surface area contributed by atoms with Crippen LogP contribution in [0.3, 0.4) is 0 Å². The smallest absolute Gasteiger partial charge is 0.293 e. The number of rotatable bonds is 7. The molecule has 3 aromatic rings. The summed E-state index contributed by atoms with van der Waals surface area (Å²) in [6, 6.07) is 3.83. The van der Waals surface area contributed by atoms with Gasteiger partial charge in [0, 0.05) is 20.2 Å². The molecule has 0 N–H and O–H groups in total. The number of Topliss-reactive ketones (excluding diaryl/α,β-unsaturated/α-hetero) is 2. The van der Waals surface area contributed by atoms with Gasteiger partial charge in [0.05, 0.1) is 11.3 Å². The second-order valence-electron chi connectivity index (χ2n) is 10.4. The van der Waals surface area contributed by atoms with Crippen molar-refractivity contribution in [2.75, 3.05) is 0 Å². The SMILES string of the molecule is O=C(CC(=O)C(F)(F)F)c1cc2c(s1)c(CC1CCCCC1)c(CC1CCCCC1)c1sccc12. The monoisotopic (exact) mass is 520 g/mol. The third kappa shape index (κ3) is 5.36. The summed E-state index contributed by atoms with van der Waals surface area (Å²) in [6.45, 7) is 0. The Labute approximate surface area is 211 Å². The van der Waals surface area contributed by atoms with Gasteiger partial charge < -0.3 is 0 Å². The maximum absolute atomic E-state index is 12.8. The minimum Gasteiger partial charge on any atom is -0.293 e. The summed E-state index contributed by atoms with van der Waals surface area (Å²) in [5, 5.41) is 4.15. The first-order chi connectivity index (χ1) is 16.8. The van der Waals surface area contributed by atoms with Crippen LogP contribution in [0.15, 0.2) is 17.5 Å². The van der Waals surface area contributed by atoms with Crippen LogP contribution in [0, 0.1) is 11.8 Å². The van der Waals surface area contributed by atoms with Gasteiger partial charge in [-0.1, -0.05) is 64.2 Å². The number of alkyl halides is 3. The lowest BCUT2D eigenvalue weighted by molar-refractivity contribution is -0.170. The lowest BCUT2D eigenvalue weighted by Crippen LogP contribution is -2.25. The number of carbonyl (C=O) groups excluding carboxylic acids is 2. The Balaban J connectivity index is 1.59. The Morgan fingerprint density at radius 2 is 1.40 bits per heavy atom. The molecular formula is C28H31F3O2S2. The number of fused-ring (bicyclic) bond motifs is 3. The Morgan fingerprint density at radius 3 is 1.97 bits per heavy atom. The first-order valence-electron chi connectivity index (χ1n) is 12.9. The second kappa shape index (κ2) is 10.3. The van der Waals surface area contributed by atoms with E-state index in [1.807, 2.05) is 0 Å². The van der Waals surface area contributed by atoms with E-state index in [0.29, 0.717) is 11.8 Å². The lowest BCUT2D eigenvalue weighted by Gasteiger charge is -2.26. The molecule has 2 fully saturated rings. The largest absolute Gasteiger partial charge is 0.450 e. The zero-order chi connectivity index (χ0) is 24.6. The Morgan fingerprint density at radius 1 is 0.829 bits per heavy atom. The predicted molar refractivity (Wildman–Crippen MR) is 138 cm³/mol. The fraction of sp³-hybridized carbons (Fsp3) is 0.571. The molecule has 2 saturated carbocycles. The van der Waals surface area contributed by atoms with Crippen molar-refractivity contribution in [2.45, 2.75) is 89.6 Å². The molecule has 188 valence electrons. The van der Waals surface area contributed by atoms with E-state index in [0.717, 1.165) is 28.3 Å². The topological polar surface area (TPSA) is 34.1 Å². The summed E-state index contributed by atoms with van der Waals surface area (Å²) < 4.78 is 40.7. The highest BCUT2D eigenvalue weighted by Gasteiger charge is 2.39. The van der Waals surface area contributed by atoms with Gasteiger partial charge in [0.15, 0.2) is 5.78 Å². The van der Waals surface area contributed by atoms with E-state index in [1.54, 1.807) is 17.4 Å². The van der Waals surface area contributed by atoms with Gasteiger partial charge in [-0.3, -0.25) is 9.59 Å². The highest BCUT2D eigenvalue weighted by molar-refractivity contribution is 7.22. The maximum atomic E-state index is 12.8. The molecule has 0 radical (unpaired) electrons. The predicted octanol–water partition coefficient (Wildman–Crippen LogP) is 9.07. The van der Waals surface area contributed by atoms with Gasteiger partial charge in [0.25, 0.3) is 0 Å². The Bertz CT molecular complexity index is 1220. The molecule has 0 atom stereocenters. The van der Waals surface area contributed by atoms with Gasteiger partial charge in [-0.25, -0.2) is 0 Å². The van der Waals surface area contributed by atoms with Crippen molar-refractivity contribution in [1.29, 1.82) is 0 Å². The zero-order valence-corrected chi connectivity index (χ0v) is 21.5. The van der Waals surface area contributed by atoms with Crippen LogP contribution in [-0.4, -0.2) is 17.7 Å². The zero-order valence-electron chi connectivity index (χ0n) is 19.8. The van der Waals surface area contributed by atoms with Crippen molar-refractivity contribution in [3.8, 4) is 0 Å². The minimum atomic E-state index is -4.98. The number of halogens is 3. The number of hydrogen-bond acceptors (Lipinski definition) is 4. The highest BCUT2D eigenvalue weighted by Crippen LogP contribution is 2.44. The number of carbonyl (C=O) groups is 2. The van der Waals surface area contributed by atoms with Crippen LogP contribution in [0.4, 0.5) is 13.2 Å². The number of hydrogen-bond donors (Lipinski definition) is 0. The molecule has 7 heteroatoms. The van der Waals surface area contributed by atoms with Crippen molar-refractivity contribution in [2.24, 2.45) is 11.8 Å². The molecule has 0 unspecified atom stereocenters. The number of ketones is 2. The molecule has 35 heavy (non-hydrogen) atoms. The van der Waals surface area contributed by atoms with E-state index < -0.39 is 24.2 Å². The molecule has 0 saturated heterocycles. The average Bonchev–Trinajstić information content (AvgIpc) is 3.49. The van der Waals surface area contributed by atoms with Gasteiger partial charge in [-0.15, -0.1) is 22.7 Å². The second-order valence-corrected chi connectivity index (χ2v) is 12.4. The summed E-state index contributed by atoms with van der Waals surface area (Å²) in [4.78, 5) is 24.5. The van der Waals surface area contributed by atoms with Crippen LogP contribution in [0.1, 0.15) is 91.4 Å². The highest BCUT2D eigenvalue weighted by atomic mass is 32.1. The summed E-state index contributed by atoms with van der Waals surface area (Å²) in [5.74, 6) is -1.42. The lowest BCUT2D eigenvalue weighted by atomic mass is 9.80. The normalized spacial score (nSPS) is 18.5. The molecule has 2 aliphatic carbocycles. The molecule has 5 rings (SSSR count). The van der Waals surface area contributed by atoms with E-state index in [1.165, 1.54) is 91.4 Å². The van der Waals surface area contributed by atoms with Crippen LogP contribution in [0.2, 0.25) is 0 Å². The molecule has 0 bridgehead atoms. The Hall–Kier alpha value is -1.73. The fourth-order valence-electron chi connectivity index (χ4n) is 6.11. The molecule has 0 aliphatic heterocycles. The number of thiophene rings is 2. The van der Waals surface area contributed by atoms with E-state index in [4.69, 9.17) is 0 Å². The van der Waals surface area contributed by atoms with E-state index in [2.05, 4.69) is 11.4 Å². The molecular weight excluding hydrogens is 489 g/mol. The van der Waals surface area contributed by atoms with Crippen molar-refractivity contribution in [3.05, 3.63) is 33.5 Å². The van der Waals surface area contributed by atoms with Crippen LogP contribution in [0.25, 0.3) is 20.2 Å². The fourth-order valence-corrected chi connectivity index (χ4v) is 8.29. The third-order valence-corrected chi connectivity index (χ3v) is 10.2. The number of benzene rings is 1. The maximum Gasteiger partial charge on any atom is 0.450 e. The molecule has 1 aromatic carbocycles. The quantitative estimate of drug-likeness (QED) is 0.230. The molecule has 2 aliphatic rings.